The fourth-order valence-electron chi connectivity index (χ4n) is 2.51. The van der Waals surface area contributed by atoms with Crippen molar-refractivity contribution in [3.05, 3.63) is 35.0 Å². The maximum atomic E-state index is 5.77. The minimum absolute atomic E-state index is 0.666. The Morgan fingerprint density at radius 3 is 3.16 bits per heavy atom. The maximum absolute atomic E-state index is 5.77. The Labute approximate surface area is 114 Å². The van der Waals surface area contributed by atoms with Gasteiger partial charge in [0, 0.05) is 29.4 Å². The number of nitrogens with zero attached hydrogens (tertiary/aromatic N) is 3. The molecule has 5 nitrogen and oxygen atoms in total. The summed E-state index contributed by atoms with van der Waals surface area (Å²) >= 11 is 1.58. The van der Waals surface area contributed by atoms with Crippen LogP contribution in [0.1, 0.15) is 10.6 Å². The Kier molecular flexibility index (Phi) is 2.25. The van der Waals surface area contributed by atoms with Gasteiger partial charge in [0.15, 0.2) is 5.13 Å². The lowest BCUT2D eigenvalue weighted by molar-refractivity contribution is 0.720. The second kappa shape index (κ2) is 3.96. The van der Waals surface area contributed by atoms with Gasteiger partial charge in [-0.15, -0.1) is 11.3 Å². The third kappa shape index (κ3) is 1.76. The first-order chi connectivity index (χ1) is 9.29. The van der Waals surface area contributed by atoms with E-state index in [-0.39, 0.29) is 0 Å². The van der Waals surface area contributed by atoms with E-state index in [4.69, 9.17) is 5.73 Å². The molecule has 0 amide bonds. The van der Waals surface area contributed by atoms with E-state index in [0.29, 0.717) is 5.13 Å². The summed E-state index contributed by atoms with van der Waals surface area (Å²) in [5, 5.41) is 1.81. The first-order valence-electron chi connectivity index (χ1n) is 6.23. The zero-order valence-electron chi connectivity index (χ0n) is 10.3. The lowest BCUT2D eigenvalue weighted by atomic mass is 10.2. The van der Waals surface area contributed by atoms with Crippen LogP contribution in [0.15, 0.2) is 24.4 Å². The largest absolute Gasteiger partial charge is 0.375 e. The number of H-pyrrole nitrogens is 1. The number of hydrogen-bond donors (Lipinski definition) is 2. The first-order valence-corrected chi connectivity index (χ1v) is 7.04. The summed E-state index contributed by atoms with van der Waals surface area (Å²) in [6, 6.07) is 6.21. The highest BCUT2D eigenvalue weighted by atomic mass is 32.1. The monoisotopic (exact) mass is 271 g/mol. The third-order valence-corrected chi connectivity index (χ3v) is 4.38. The fraction of sp³-hybridized carbons (Fsp3) is 0.231. The van der Waals surface area contributed by atoms with Gasteiger partial charge < -0.3 is 15.6 Å². The molecule has 3 N–H and O–H groups in total. The number of pyridine rings is 1. The Bertz CT molecular complexity index is 744. The summed E-state index contributed by atoms with van der Waals surface area (Å²) in [4.78, 5) is 15.7. The smallest absolute Gasteiger partial charge is 0.180 e. The van der Waals surface area contributed by atoms with Crippen LogP contribution in [0.5, 0.6) is 0 Å². The maximum Gasteiger partial charge on any atom is 0.180 e. The molecule has 0 saturated heterocycles. The molecule has 0 bridgehead atoms. The molecular formula is C13H13N5S. The van der Waals surface area contributed by atoms with Gasteiger partial charge in [0.05, 0.1) is 12.2 Å². The molecular weight excluding hydrogens is 258 g/mol. The van der Waals surface area contributed by atoms with E-state index in [1.165, 1.54) is 4.88 Å². The quantitative estimate of drug-likeness (QED) is 0.711. The number of aromatic nitrogens is 3. The number of nitrogens with two attached hydrogens (primary N) is 1. The molecule has 0 radical (unpaired) electrons. The van der Waals surface area contributed by atoms with E-state index < -0.39 is 0 Å². The van der Waals surface area contributed by atoms with Gasteiger partial charge in [0.1, 0.15) is 11.5 Å². The van der Waals surface area contributed by atoms with Crippen molar-refractivity contribution in [2.45, 2.75) is 13.0 Å². The highest BCUT2D eigenvalue weighted by molar-refractivity contribution is 7.15. The van der Waals surface area contributed by atoms with Crippen molar-refractivity contribution in [1.29, 1.82) is 0 Å². The minimum atomic E-state index is 0.666. The highest BCUT2D eigenvalue weighted by Gasteiger charge is 2.21. The van der Waals surface area contributed by atoms with E-state index in [1.54, 1.807) is 11.3 Å². The van der Waals surface area contributed by atoms with Crippen molar-refractivity contribution < 1.29 is 0 Å². The standard InChI is InChI=1S/C13H13N5S/c14-13-16-9-4-6-18(7-10(9)19-13)11-2-1-8-3-5-15-12(8)17-11/h1-3,5H,4,6-7H2,(H2,14,16)(H,15,17). The first kappa shape index (κ1) is 10.8. The fourth-order valence-corrected chi connectivity index (χ4v) is 3.40. The van der Waals surface area contributed by atoms with Gasteiger partial charge in [-0.25, -0.2) is 9.97 Å². The molecule has 0 unspecified atom stereocenters. The van der Waals surface area contributed by atoms with Crippen LogP contribution >= 0.6 is 11.3 Å². The summed E-state index contributed by atoms with van der Waals surface area (Å²) in [5.41, 5.74) is 7.86. The Hall–Kier alpha value is -2.08. The summed E-state index contributed by atoms with van der Waals surface area (Å²) in [7, 11) is 0. The molecule has 19 heavy (non-hydrogen) atoms. The second-order valence-electron chi connectivity index (χ2n) is 4.68. The topological polar surface area (TPSA) is 70.8 Å². The Balaban J connectivity index is 1.69. The molecule has 96 valence electrons. The van der Waals surface area contributed by atoms with Crippen LogP contribution in [0, 0.1) is 0 Å². The van der Waals surface area contributed by atoms with Crippen LogP contribution in [0.2, 0.25) is 0 Å². The van der Waals surface area contributed by atoms with Gasteiger partial charge in [0.2, 0.25) is 0 Å². The van der Waals surface area contributed by atoms with Crippen LogP contribution in [0.3, 0.4) is 0 Å². The molecule has 4 rings (SSSR count). The number of nitrogens with one attached hydrogen (secondary N) is 1. The number of hydrogen-bond acceptors (Lipinski definition) is 5. The number of nitrogen functional groups attached to an aromatic ring is 1. The van der Waals surface area contributed by atoms with Crippen LogP contribution in [0.25, 0.3) is 11.0 Å². The van der Waals surface area contributed by atoms with E-state index in [9.17, 15) is 0 Å². The molecule has 0 aromatic carbocycles. The van der Waals surface area contributed by atoms with Gasteiger partial charge in [-0.05, 0) is 18.2 Å². The van der Waals surface area contributed by atoms with Crippen molar-refractivity contribution in [2.75, 3.05) is 17.2 Å². The molecule has 6 heteroatoms. The molecule has 1 aliphatic heterocycles. The van der Waals surface area contributed by atoms with E-state index in [1.807, 2.05) is 12.3 Å². The van der Waals surface area contributed by atoms with E-state index in [2.05, 4.69) is 32.0 Å². The molecule has 0 spiro atoms. The summed E-state index contributed by atoms with van der Waals surface area (Å²) in [6.07, 6.45) is 2.85. The zero-order chi connectivity index (χ0) is 12.8. The zero-order valence-corrected chi connectivity index (χ0v) is 11.1. The number of rotatable bonds is 1. The number of anilines is 2. The van der Waals surface area contributed by atoms with Gasteiger partial charge in [-0.3, -0.25) is 0 Å². The summed E-state index contributed by atoms with van der Waals surface area (Å²) in [6.45, 7) is 1.79. The van der Waals surface area contributed by atoms with Gasteiger partial charge in [-0.1, -0.05) is 0 Å². The second-order valence-corrected chi connectivity index (χ2v) is 5.79. The lowest BCUT2D eigenvalue weighted by Crippen LogP contribution is -2.30. The SMILES string of the molecule is Nc1nc2c(s1)CN(c1ccc3cc[nH]c3n1)CC2. The van der Waals surface area contributed by atoms with E-state index >= 15 is 0 Å². The van der Waals surface area contributed by atoms with Gasteiger partial charge in [0.25, 0.3) is 0 Å². The molecule has 0 atom stereocenters. The molecule has 0 aliphatic carbocycles. The molecule has 0 saturated carbocycles. The van der Waals surface area contributed by atoms with Gasteiger partial charge in [-0.2, -0.15) is 0 Å². The van der Waals surface area contributed by atoms with E-state index in [0.717, 1.165) is 42.1 Å². The summed E-state index contributed by atoms with van der Waals surface area (Å²) in [5.74, 6) is 1.01. The molecule has 3 aromatic heterocycles. The predicted octanol–water partition coefficient (Wildman–Crippen LogP) is 2.16. The molecule has 0 fully saturated rings. The van der Waals surface area contributed by atoms with Gasteiger partial charge >= 0.3 is 0 Å². The average Bonchev–Trinajstić information content (AvgIpc) is 3.01. The van der Waals surface area contributed by atoms with Crippen LogP contribution < -0.4 is 10.6 Å². The lowest BCUT2D eigenvalue weighted by Gasteiger charge is -2.27. The molecule has 3 aromatic rings. The van der Waals surface area contributed by atoms with Crippen molar-refractivity contribution in [2.24, 2.45) is 0 Å². The van der Waals surface area contributed by atoms with Crippen molar-refractivity contribution in [1.82, 2.24) is 15.0 Å². The summed E-state index contributed by atoms with van der Waals surface area (Å²) < 4.78 is 0. The predicted molar refractivity (Wildman–Crippen MR) is 77.4 cm³/mol. The third-order valence-electron chi connectivity index (χ3n) is 3.47. The number of fused-ring (bicyclic) bond motifs is 2. The van der Waals surface area contributed by atoms with Crippen LogP contribution in [-0.2, 0) is 13.0 Å². The number of thiazole rings is 1. The van der Waals surface area contributed by atoms with Crippen molar-refractivity contribution in [3.8, 4) is 0 Å². The van der Waals surface area contributed by atoms with Crippen molar-refractivity contribution in [3.63, 3.8) is 0 Å². The van der Waals surface area contributed by atoms with Crippen molar-refractivity contribution >= 4 is 33.3 Å². The van der Waals surface area contributed by atoms with Crippen LogP contribution in [-0.4, -0.2) is 21.5 Å². The minimum Gasteiger partial charge on any atom is -0.375 e. The van der Waals surface area contributed by atoms with Crippen LogP contribution in [0.4, 0.5) is 10.9 Å². The Morgan fingerprint density at radius 2 is 2.21 bits per heavy atom. The molecule has 1 aliphatic rings. The molecule has 4 heterocycles. The normalized spacial score (nSPS) is 14.8. The highest BCUT2D eigenvalue weighted by Crippen LogP contribution is 2.29. The number of aromatic amines is 1. The Morgan fingerprint density at radius 1 is 1.26 bits per heavy atom. The average molecular weight is 271 g/mol.